The average molecular weight is 279 g/mol. The molecule has 0 amide bonds. The molecule has 0 fully saturated rings. The number of fused-ring (bicyclic) bond motifs is 1. The Balaban J connectivity index is 2.37. The summed E-state index contributed by atoms with van der Waals surface area (Å²) in [7, 11) is 0. The molecule has 1 aliphatic rings. The van der Waals surface area contributed by atoms with Crippen LogP contribution in [0.4, 0.5) is 5.69 Å². The summed E-state index contributed by atoms with van der Waals surface area (Å²) >= 11 is 6.07. The summed E-state index contributed by atoms with van der Waals surface area (Å²) in [4.78, 5) is 2.22. The number of nitriles is 1. The van der Waals surface area contributed by atoms with Crippen molar-refractivity contribution in [2.24, 2.45) is 0 Å². The number of hydrogen-bond acceptors (Lipinski definition) is 3. The van der Waals surface area contributed by atoms with Crippen LogP contribution in [0.2, 0.25) is 5.02 Å². The van der Waals surface area contributed by atoms with Crippen molar-refractivity contribution in [2.75, 3.05) is 18.0 Å². The Hall–Kier alpha value is -1.40. The van der Waals surface area contributed by atoms with Gasteiger partial charge in [0, 0.05) is 11.6 Å². The molecular weight excluding hydrogens is 260 g/mol. The van der Waals surface area contributed by atoms with E-state index in [1.807, 2.05) is 18.2 Å². The molecule has 0 bridgehead atoms. The number of rotatable bonds is 4. The van der Waals surface area contributed by atoms with Gasteiger partial charge in [0.1, 0.15) is 11.4 Å². The smallest absolute Gasteiger partial charge is 0.143 e. The molecule has 3 nitrogen and oxygen atoms in total. The fourth-order valence-electron chi connectivity index (χ4n) is 2.52. The first-order valence-electron chi connectivity index (χ1n) is 6.74. The minimum absolute atomic E-state index is 0.156. The summed E-state index contributed by atoms with van der Waals surface area (Å²) < 4.78 is 6.20. The van der Waals surface area contributed by atoms with Crippen LogP contribution in [-0.4, -0.2) is 18.7 Å². The number of ether oxygens (including phenoxy) is 1. The lowest BCUT2D eigenvalue weighted by molar-refractivity contribution is 0.0576. The van der Waals surface area contributed by atoms with E-state index >= 15 is 0 Å². The van der Waals surface area contributed by atoms with Gasteiger partial charge in [-0.05, 0) is 31.0 Å². The van der Waals surface area contributed by atoms with Crippen LogP contribution in [0.5, 0.6) is 5.75 Å². The maximum Gasteiger partial charge on any atom is 0.143 e. The van der Waals surface area contributed by atoms with E-state index in [1.54, 1.807) is 0 Å². The first-order chi connectivity index (χ1) is 9.14. The standard InChI is InChI=1S/C15H19ClN2O/c1-3-15(4-2)11-18(9-5-8-17)13-10-12(16)6-7-14(13)19-15/h6-7,10H,3-5,9,11H2,1-2H3. The van der Waals surface area contributed by atoms with Crippen LogP contribution >= 0.6 is 11.6 Å². The predicted molar refractivity (Wildman–Crippen MR) is 77.8 cm³/mol. The van der Waals surface area contributed by atoms with Gasteiger partial charge < -0.3 is 9.64 Å². The minimum Gasteiger partial charge on any atom is -0.483 e. The van der Waals surface area contributed by atoms with Crippen molar-refractivity contribution in [1.29, 1.82) is 5.26 Å². The van der Waals surface area contributed by atoms with E-state index in [0.29, 0.717) is 11.4 Å². The fourth-order valence-corrected chi connectivity index (χ4v) is 2.69. The Labute approximate surface area is 119 Å². The summed E-state index contributed by atoms with van der Waals surface area (Å²) in [6.45, 7) is 5.82. The normalized spacial score (nSPS) is 16.4. The number of nitrogens with zero attached hydrogens (tertiary/aromatic N) is 2. The molecule has 0 atom stereocenters. The molecule has 0 saturated carbocycles. The maximum atomic E-state index is 8.81. The van der Waals surface area contributed by atoms with E-state index in [9.17, 15) is 0 Å². The van der Waals surface area contributed by atoms with E-state index in [4.69, 9.17) is 21.6 Å². The highest BCUT2D eigenvalue weighted by Gasteiger charge is 2.36. The first kappa shape index (κ1) is 14.0. The van der Waals surface area contributed by atoms with E-state index in [1.165, 1.54) is 0 Å². The Morgan fingerprint density at radius 1 is 1.42 bits per heavy atom. The van der Waals surface area contributed by atoms with Crippen molar-refractivity contribution in [1.82, 2.24) is 0 Å². The summed E-state index contributed by atoms with van der Waals surface area (Å²) in [5.74, 6) is 0.872. The van der Waals surface area contributed by atoms with Crippen LogP contribution in [0.15, 0.2) is 18.2 Å². The van der Waals surface area contributed by atoms with Gasteiger partial charge in [0.05, 0.1) is 24.7 Å². The minimum atomic E-state index is -0.156. The molecule has 1 heterocycles. The molecule has 0 aromatic heterocycles. The lowest BCUT2D eigenvalue weighted by Gasteiger charge is -2.44. The summed E-state index contributed by atoms with van der Waals surface area (Å²) in [6.07, 6.45) is 2.42. The summed E-state index contributed by atoms with van der Waals surface area (Å²) in [5.41, 5.74) is 0.844. The zero-order valence-electron chi connectivity index (χ0n) is 11.4. The van der Waals surface area contributed by atoms with Gasteiger partial charge in [-0.25, -0.2) is 0 Å². The molecule has 0 saturated heterocycles. The van der Waals surface area contributed by atoms with E-state index in [0.717, 1.165) is 37.4 Å². The van der Waals surface area contributed by atoms with Gasteiger partial charge in [-0.1, -0.05) is 25.4 Å². The van der Waals surface area contributed by atoms with E-state index in [2.05, 4.69) is 24.8 Å². The number of halogens is 1. The van der Waals surface area contributed by atoms with Crippen LogP contribution in [0.25, 0.3) is 0 Å². The van der Waals surface area contributed by atoms with E-state index < -0.39 is 0 Å². The van der Waals surface area contributed by atoms with Crippen molar-refractivity contribution in [3.05, 3.63) is 23.2 Å². The third-order valence-electron chi connectivity index (χ3n) is 3.85. The van der Waals surface area contributed by atoms with Gasteiger partial charge in [0.2, 0.25) is 0 Å². The topological polar surface area (TPSA) is 36.3 Å². The van der Waals surface area contributed by atoms with Crippen molar-refractivity contribution < 1.29 is 4.74 Å². The molecule has 4 heteroatoms. The molecule has 0 spiro atoms. The zero-order valence-corrected chi connectivity index (χ0v) is 12.2. The Morgan fingerprint density at radius 2 is 2.16 bits per heavy atom. The Morgan fingerprint density at radius 3 is 2.79 bits per heavy atom. The van der Waals surface area contributed by atoms with Crippen molar-refractivity contribution in [3.63, 3.8) is 0 Å². The number of benzene rings is 1. The van der Waals surface area contributed by atoms with Crippen LogP contribution in [0.1, 0.15) is 33.1 Å². The zero-order chi connectivity index (χ0) is 13.9. The second-order valence-electron chi connectivity index (χ2n) is 4.93. The molecule has 0 unspecified atom stereocenters. The number of anilines is 1. The molecule has 0 aliphatic carbocycles. The Bertz CT molecular complexity index is 491. The van der Waals surface area contributed by atoms with Crippen molar-refractivity contribution in [3.8, 4) is 11.8 Å². The molecule has 1 aromatic rings. The highest BCUT2D eigenvalue weighted by Crippen LogP contribution is 2.41. The fraction of sp³-hybridized carbons (Fsp3) is 0.533. The monoisotopic (exact) mass is 278 g/mol. The third-order valence-corrected chi connectivity index (χ3v) is 4.08. The second kappa shape index (κ2) is 5.71. The highest BCUT2D eigenvalue weighted by molar-refractivity contribution is 6.30. The molecule has 0 radical (unpaired) electrons. The largest absolute Gasteiger partial charge is 0.483 e. The third kappa shape index (κ3) is 2.79. The summed E-state index contributed by atoms with van der Waals surface area (Å²) in [6, 6.07) is 7.91. The van der Waals surface area contributed by atoms with Gasteiger partial charge in [-0.15, -0.1) is 0 Å². The second-order valence-corrected chi connectivity index (χ2v) is 5.37. The van der Waals surface area contributed by atoms with Gasteiger partial charge in [0.15, 0.2) is 0 Å². The van der Waals surface area contributed by atoms with Crippen molar-refractivity contribution >= 4 is 17.3 Å². The summed E-state index contributed by atoms with van der Waals surface area (Å²) in [5, 5.41) is 9.51. The van der Waals surface area contributed by atoms with E-state index in [-0.39, 0.29) is 5.60 Å². The Kier molecular flexibility index (Phi) is 4.21. The predicted octanol–water partition coefficient (Wildman–Crippen LogP) is 4.01. The quantitative estimate of drug-likeness (QED) is 0.835. The molecule has 19 heavy (non-hydrogen) atoms. The van der Waals surface area contributed by atoms with Gasteiger partial charge in [-0.3, -0.25) is 0 Å². The highest BCUT2D eigenvalue weighted by atomic mass is 35.5. The van der Waals surface area contributed by atoms with Crippen LogP contribution in [0, 0.1) is 11.3 Å². The van der Waals surface area contributed by atoms with Crippen LogP contribution in [-0.2, 0) is 0 Å². The van der Waals surface area contributed by atoms with Crippen molar-refractivity contribution in [2.45, 2.75) is 38.7 Å². The van der Waals surface area contributed by atoms with Crippen LogP contribution in [0.3, 0.4) is 0 Å². The average Bonchev–Trinajstić information content (AvgIpc) is 2.44. The molecule has 102 valence electrons. The van der Waals surface area contributed by atoms with Gasteiger partial charge in [0.25, 0.3) is 0 Å². The maximum absolute atomic E-state index is 8.81. The SMILES string of the molecule is CCC1(CC)CN(CCC#N)c2cc(Cl)ccc2O1. The molecule has 0 N–H and O–H groups in total. The molecular formula is C15H19ClN2O. The lowest BCUT2D eigenvalue weighted by Crippen LogP contribution is -2.50. The van der Waals surface area contributed by atoms with Gasteiger partial charge in [-0.2, -0.15) is 5.26 Å². The molecule has 1 aromatic carbocycles. The molecule has 2 rings (SSSR count). The van der Waals surface area contributed by atoms with Crippen LogP contribution < -0.4 is 9.64 Å². The van der Waals surface area contributed by atoms with Gasteiger partial charge >= 0.3 is 0 Å². The molecule has 1 aliphatic heterocycles. The lowest BCUT2D eigenvalue weighted by atomic mass is 9.94. The number of hydrogen-bond donors (Lipinski definition) is 0. The first-order valence-corrected chi connectivity index (χ1v) is 7.12.